The molecule has 0 bridgehead atoms. The Morgan fingerprint density at radius 3 is 2.50 bits per heavy atom. The van der Waals surface area contributed by atoms with Crippen molar-refractivity contribution in [3.05, 3.63) is 66.2 Å². The summed E-state index contributed by atoms with van der Waals surface area (Å²) < 4.78 is 0. The molecule has 3 aromatic rings. The first-order valence-corrected chi connectivity index (χ1v) is 8.80. The van der Waals surface area contributed by atoms with Gasteiger partial charge in [0, 0.05) is 18.1 Å². The number of aromatic nitrogens is 1. The van der Waals surface area contributed by atoms with E-state index in [1.165, 1.54) is 17.3 Å². The van der Waals surface area contributed by atoms with Gasteiger partial charge in [-0.05, 0) is 43.7 Å². The Kier molecular flexibility index (Phi) is 4.86. The van der Waals surface area contributed by atoms with Gasteiger partial charge in [0.25, 0.3) is 0 Å². The van der Waals surface area contributed by atoms with E-state index in [0.717, 1.165) is 21.6 Å². The van der Waals surface area contributed by atoms with Crippen molar-refractivity contribution in [1.82, 2.24) is 4.98 Å². The van der Waals surface area contributed by atoms with Crippen molar-refractivity contribution in [2.45, 2.75) is 24.1 Å². The van der Waals surface area contributed by atoms with Crippen molar-refractivity contribution in [2.75, 3.05) is 11.9 Å². The summed E-state index contributed by atoms with van der Waals surface area (Å²) in [5.74, 6) is 0.0683. The number of para-hydroxylation sites is 2. The number of pyridine rings is 1. The molecule has 3 nitrogen and oxygen atoms in total. The van der Waals surface area contributed by atoms with Crippen LogP contribution in [-0.4, -0.2) is 23.2 Å². The van der Waals surface area contributed by atoms with Crippen molar-refractivity contribution in [1.29, 1.82) is 0 Å². The SMILES string of the molecule is Cc1cc(S[C@H](C)C(=O)N(C)c2ccccc2)nc2ccccc12. The summed E-state index contributed by atoms with van der Waals surface area (Å²) in [6.45, 7) is 4.01. The van der Waals surface area contributed by atoms with Gasteiger partial charge in [0.05, 0.1) is 15.8 Å². The lowest BCUT2D eigenvalue weighted by Gasteiger charge is -2.21. The summed E-state index contributed by atoms with van der Waals surface area (Å²) in [5, 5.41) is 1.83. The fourth-order valence-corrected chi connectivity index (χ4v) is 3.68. The minimum Gasteiger partial charge on any atom is -0.315 e. The number of hydrogen-bond donors (Lipinski definition) is 0. The van der Waals surface area contributed by atoms with E-state index in [1.54, 1.807) is 4.90 Å². The largest absolute Gasteiger partial charge is 0.315 e. The molecule has 0 saturated heterocycles. The fourth-order valence-electron chi connectivity index (χ4n) is 2.66. The molecule has 0 spiro atoms. The number of aryl methyl sites for hydroxylation is 1. The van der Waals surface area contributed by atoms with Crippen molar-refractivity contribution >= 4 is 34.3 Å². The number of rotatable bonds is 4. The first-order valence-electron chi connectivity index (χ1n) is 7.92. The van der Waals surface area contributed by atoms with Gasteiger partial charge in [0.1, 0.15) is 0 Å². The molecule has 3 rings (SSSR count). The highest BCUT2D eigenvalue weighted by atomic mass is 32.2. The number of amides is 1. The summed E-state index contributed by atoms with van der Waals surface area (Å²) in [6.07, 6.45) is 0. The van der Waals surface area contributed by atoms with E-state index in [1.807, 2.05) is 62.5 Å². The number of nitrogens with zero attached hydrogens (tertiary/aromatic N) is 2. The average molecular weight is 336 g/mol. The molecule has 0 aliphatic carbocycles. The predicted octanol–water partition coefficient (Wildman–Crippen LogP) is 4.69. The summed E-state index contributed by atoms with van der Waals surface area (Å²) in [6, 6.07) is 19.8. The second-order valence-corrected chi connectivity index (χ2v) is 7.15. The smallest absolute Gasteiger partial charge is 0.239 e. The zero-order chi connectivity index (χ0) is 17.1. The summed E-state index contributed by atoms with van der Waals surface area (Å²) in [7, 11) is 1.81. The normalized spacial score (nSPS) is 12.1. The molecule has 0 fully saturated rings. The topological polar surface area (TPSA) is 33.2 Å². The van der Waals surface area contributed by atoms with E-state index < -0.39 is 0 Å². The van der Waals surface area contributed by atoms with Crippen LogP contribution in [0.15, 0.2) is 65.7 Å². The molecule has 1 heterocycles. The van der Waals surface area contributed by atoms with Crippen LogP contribution in [0.25, 0.3) is 10.9 Å². The highest BCUT2D eigenvalue weighted by molar-refractivity contribution is 8.00. The van der Waals surface area contributed by atoms with Gasteiger partial charge in [-0.25, -0.2) is 4.98 Å². The van der Waals surface area contributed by atoms with E-state index in [0.29, 0.717) is 0 Å². The van der Waals surface area contributed by atoms with E-state index in [-0.39, 0.29) is 11.2 Å². The third kappa shape index (κ3) is 3.44. The van der Waals surface area contributed by atoms with Crippen LogP contribution in [-0.2, 0) is 4.79 Å². The second-order valence-electron chi connectivity index (χ2n) is 5.79. The van der Waals surface area contributed by atoms with Crippen molar-refractivity contribution in [3.63, 3.8) is 0 Å². The summed E-state index contributed by atoms with van der Waals surface area (Å²) >= 11 is 1.50. The molecular formula is C20H20N2OS. The summed E-state index contributed by atoms with van der Waals surface area (Å²) in [4.78, 5) is 19.1. The predicted molar refractivity (Wildman–Crippen MR) is 102 cm³/mol. The molecule has 122 valence electrons. The molecular weight excluding hydrogens is 316 g/mol. The monoisotopic (exact) mass is 336 g/mol. The van der Waals surface area contributed by atoms with Crippen LogP contribution in [0, 0.1) is 6.92 Å². The highest BCUT2D eigenvalue weighted by Gasteiger charge is 2.20. The maximum absolute atomic E-state index is 12.7. The van der Waals surface area contributed by atoms with Crippen molar-refractivity contribution in [3.8, 4) is 0 Å². The number of hydrogen-bond acceptors (Lipinski definition) is 3. The van der Waals surface area contributed by atoms with Crippen LogP contribution in [0.2, 0.25) is 0 Å². The van der Waals surface area contributed by atoms with Gasteiger partial charge in [-0.1, -0.05) is 48.2 Å². The first kappa shape index (κ1) is 16.5. The number of fused-ring (bicyclic) bond motifs is 1. The lowest BCUT2D eigenvalue weighted by atomic mass is 10.1. The van der Waals surface area contributed by atoms with Crippen LogP contribution < -0.4 is 4.90 Å². The fraction of sp³-hybridized carbons (Fsp3) is 0.200. The van der Waals surface area contributed by atoms with Crippen molar-refractivity contribution < 1.29 is 4.79 Å². The zero-order valence-corrected chi connectivity index (χ0v) is 14.9. The van der Waals surface area contributed by atoms with Gasteiger partial charge in [-0.15, -0.1) is 0 Å². The molecule has 0 saturated carbocycles. The molecule has 1 amide bonds. The second kappa shape index (κ2) is 7.05. The van der Waals surface area contributed by atoms with E-state index in [2.05, 4.69) is 24.0 Å². The molecule has 0 aliphatic heterocycles. The molecule has 24 heavy (non-hydrogen) atoms. The first-order chi connectivity index (χ1) is 11.6. The Balaban J connectivity index is 1.79. The number of thioether (sulfide) groups is 1. The number of anilines is 1. The molecule has 0 radical (unpaired) electrons. The molecule has 0 N–H and O–H groups in total. The lowest BCUT2D eigenvalue weighted by molar-refractivity contribution is -0.117. The van der Waals surface area contributed by atoms with Gasteiger partial charge in [0.15, 0.2) is 0 Å². The van der Waals surface area contributed by atoms with Gasteiger partial charge < -0.3 is 4.90 Å². The zero-order valence-electron chi connectivity index (χ0n) is 14.1. The number of carbonyl (C=O) groups is 1. The van der Waals surface area contributed by atoms with Gasteiger partial charge in [-0.3, -0.25) is 4.79 Å². The third-order valence-corrected chi connectivity index (χ3v) is 5.02. The standard InChI is InChI=1S/C20H20N2OS/c1-14-13-19(21-18-12-8-7-11-17(14)18)24-15(2)20(23)22(3)16-9-5-4-6-10-16/h4-13,15H,1-3H3/t15-/m1/s1. The molecule has 4 heteroatoms. The Bertz CT molecular complexity index is 864. The Labute approximate surface area is 146 Å². The number of benzene rings is 2. The maximum Gasteiger partial charge on any atom is 0.239 e. The Hall–Kier alpha value is -2.33. The van der Waals surface area contributed by atoms with Crippen LogP contribution in [0.5, 0.6) is 0 Å². The quantitative estimate of drug-likeness (QED) is 0.648. The molecule has 1 atom stereocenters. The molecule has 2 aromatic carbocycles. The molecule has 1 aromatic heterocycles. The van der Waals surface area contributed by atoms with Gasteiger partial charge in [0.2, 0.25) is 5.91 Å². The highest BCUT2D eigenvalue weighted by Crippen LogP contribution is 2.28. The molecule has 0 unspecified atom stereocenters. The third-order valence-electron chi connectivity index (χ3n) is 4.02. The Morgan fingerprint density at radius 1 is 1.08 bits per heavy atom. The van der Waals surface area contributed by atoms with Crippen molar-refractivity contribution in [2.24, 2.45) is 0 Å². The van der Waals surface area contributed by atoms with Crippen LogP contribution in [0.4, 0.5) is 5.69 Å². The Morgan fingerprint density at radius 2 is 1.75 bits per heavy atom. The molecule has 0 aliphatic rings. The number of carbonyl (C=O) groups excluding carboxylic acids is 1. The van der Waals surface area contributed by atoms with Crippen LogP contribution >= 0.6 is 11.8 Å². The maximum atomic E-state index is 12.7. The summed E-state index contributed by atoms with van der Waals surface area (Å²) in [5.41, 5.74) is 3.05. The van der Waals surface area contributed by atoms with Gasteiger partial charge >= 0.3 is 0 Å². The van der Waals surface area contributed by atoms with Gasteiger partial charge in [-0.2, -0.15) is 0 Å². The van der Waals surface area contributed by atoms with Crippen LogP contribution in [0.1, 0.15) is 12.5 Å². The van der Waals surface area contributed by atoms with Crippen LogP contribution in [0.3, 0.4) is 0 Å². The lowest BCUT2D eigenvalue weighted by Crippen LogP contribution is -2.33. The minimum atomic E-state index is -0.205. The van der Waals surface area contributed by atoms with E-state index >= 15 is 0 Å². The van der Waals surface area contributed by atoms with E-state index in [9.17, 15) is 4.79 Å². The minimum absolute atomic E-state index is 0.0683. The average Bonchev–Trinajstić information content (AvgIpc) is 2.61. The van der Waals surface area contributed by atoms with E-state index in [4.69, 9.17) is 0 Å².